The van der Waals surface area contributed by atoms with Crippen molar-refractivity contribution in [3.8, 4) is 0 Å². The normalized spacial score (nSPS) is 10.9. The third-order valence-electron chi connectivity index (χ3n) is 2.94. The van der Waals surface area contributed by atoms with Crippen molar-refractivity contribution >= 4 is 34.4 Å². The summed E-state index contributed by atoms with van der Waals surface area (Å²) in [5.74, 6) is -0.372. The highest BCUT2D eigenvalue weighted by atomic mass is 32.2. The summed E-state index contributed by atoms with van der Waals surface area (Å²) in [5.41, 5.74) is 7.88. The largest absolute Gasteiger partial charge is 0.475 e. The van der Waals surface area contributed by atoms with Crippen molar-refractivity contribution < 1.29 is 14.3 Å². The Balaban J connectivity index is 1.77. The molecule has 0 aliphatic carbocycles. The van der Waals surface area contributed by atoms with Crippen LogP contribution in [0.2, 0.25) is 0 Å². The van der Waals surface area contributed by atoms with Crippen molar-refractivity contribution in [3.05, 3.63) is 53.9 Å². The number of benzene rings is 1. The van der Waals surface area contributed by atoms with Gasteiger partial charge in [-0.05, 0) is 35.9 Å². The van der Waals surface area contributed by atoms with Crippen molar-refractivity contribution in [2.24, 2.45) is 0 Å². The molecule has 0 unspecified atom stereocenters. The standard InChI is InChI=1S/C15H12N2O3S/c16-11-2-4-14(17-7-11)21-8-9-1-3-12-10(5-9)6-13(20-12)15(18)19/h1-7H,8,16H2,(H,18,19). The van der Waals surface area contributed by atoms with E-state index >= 15 is 0 Å². The number of aromatic carboxylic acids is 1. The molecular formula is C15H12N2O3S. The van der Waals surface area contributed by atoms with E-state index in [2.05, 4.69) is 4.98 Å². The van der Waals surface area contributed by atoms with E-state index in [0.29, 0.717) is 11.3 Å². The third-order valence-corrected chi connectivity index (χ3v) is 3.95. The van der Waals surface area contributed by atoms with Gasteiger partial charge in [0.15, 0.2) is 0 Å². The fourth-order valence-electron chi connectivity index (χ4n) is 1.92. The van der Waals surface area contributed by atoms with Crippen LogP contribution in [0.25, 0.3) is 11.0 Å². The monoisotopic (exact) mass is 300 g/mol. The summed E-state index contributed by atoms with van der Waals surface area (Å²) in [7, 11) is 0. The van der Waals surface area contributed by atoms with Crippen molar-refractivity contribution in [1.82, 2.24) is 4.98 Å². The van der Waals surface area contributed by atoms with Crippen LogP contribution in [0, 0.1) is 0 Å². The quantitative estimate of drug-likeness (QED) is 0.718. The Hall–Kier alpha value is -2.47. The molecule has 106 valence electrons. The lowest BCUT2D eigenvalue weighted by Gasteiger charge is -2.02. The van der Waals surface area contributed by atoms with Gasteiger partial charge in [0.25, 0.3) is 0 Å². The van der Waals surface area contributed by atoms with E-state index < -0.39 is 5.97 Å². The first kappa shape index (κ1) is 13.5. The first-order chi connectivity index (χ1) is 10.1. The molecule has 0 saturated heterocycles. The van der Waals surface area contributed by atoms with Crippen LogP contribution in [0.15, 0.2) is 52.0 Å². The minimum Gasteiger partial charge on any atom is -0.475 e. The number of anilines is 1. The number of pyridine rings is 1. The van der Waals surface area contributed by atoms with Gasteiger partial charge in [0, 0.05) is 11.1 Å². The highest BCUT2D eigenvalue weighted by molar-refractivity contribution is 7.98. The van der Waals surface area contributed by atoms with Crippen LogP contribution in [-0.2, 0) is 5.75 Å². The molecule has 5 nitrogen and oxygen atoms in total. The maximum absolute atomic E-state index is 10.9. The van der Waals surface area contributed by atoms with E-state index in [1.165, 1.54) is 6.07 Å². The minimum absolute atomic E-state index is 0.0463. The number of nitrogens with zero attached hydrogens (tertiary/aromatic N) is 1. The molecule has 0 amide bonds. The molecule has 0 spiro atoms. The molecule has 2 aromatic heterocycles. The average molecular weight is 300 g/mol. The number of hydrogen-bond acceptors (Lipinski definition) is 5. The number of hydrogen-bond donors (Lipinski definition) is 2. The van der Waals surface area contributed by atoms with E-state index in [4.69, 9.17) is 15.3 Å². The lowest BCUT2D eigenvalue weighted by molar-refractivity contribution is 0.0665. The van der Waals surface area contributed by atoms with Crippen LogP contribution in [0.5, 0.6) is 0 Å². The zero-order chi connectivity index (χ0) is 14.8. The highest BCUT2D eigenvalue weighted by Gasteiger charge is 2.10. The van der Waals surface area contributed by atoms with Gasteiger partial charge in [-0.2, -0.15) is 0 Å². The molecule has 3 aromatic rings. The molecule has 3 N–H and O–H groups in total. The number of furan rings is 1. The number of rotatable bonds is 4. The van der Waals surface area contributed by atoms with Crippen molar-refractivity contribution in [3.63, 3.8) is 0 Å². The third kappa shape index (κ3) is 3.00. The number of carbonyl (C=O) groups is 1. The molecule has 6 heteroatoms. The van der Waals surface area contributed by atoms with Crippen molar-refractivity contribution in [2.45, 2.75) is 10.8 Å². The van der Waals surface area contributed by atoms with Crippen molar-refractivity contribution in [2.75, 3.05) is 5.73 Å². The van der Waals surface area contributed by atoms with Crippen LogP contribution in [-0.4, -0.2) is 16.1 Å². The first-order valence-electron chi connectivity index (χ1n) is 6.22. The van der Waals surface area contributed by atoms with Gasteiger partial charge < -0.3 is 15.3 Å². The van der Waals surface area contributed by atoms with Crippen LogP contribution >= 0.6 is 11.8 Å². The van der Waals surface area contributed by atoms with Gasteiger partial charge in [0.05, 0.1) is 16.9 Å². The smallest absolute Gasteiger partial charge is 0.371 e. The Morgan fingerprint density at radius 3 is 2.86 bits per heavy atom. The number of fused-ring (bicyclic) bond motifs is 1. The molecule has 0 radical (unpaired) electrons. The molecule has 2 heterocycles. The predicted octanol–water partition coefficient (Wildman–Crippen LogP) is 3.40. The molecule has 3 rings (SSSR count). The summed E-state index contributed by atoms with van der Waals surface area (Å²) >= 11 is 1.59. The van der Waals surface area contributed by atoms with E-state index in [9.17, 15) is 4.79 Å². The highest BCUT2D eigenvalue weighted by Crippen LogP contribution is 2.25. The van der Waals surface area contributed by atoms with Crippen LogP contribution < -0.4 is 5.73 Å². The van der Waals surface area contributed by atoms with E-state index in [0.717, 1.165) is 21.7 Å². The first-order valence-corrected chi connectivity index (χ1v) is 7.20. The number of aromatic nitrogens is 1. The molecule has 0 aliphatic heterocycles. The Kier molecular flexibility index (Phi) is 3.53. The lowest BCUT2D eigenvalue weighted by Crippen LogP contribution is -1.91. The maximum atomic E-state index is 10.9. The van der Waals surface area contributed by atoms with Gasteiger partial charge in [-0.3, -0.25) is 0 Å². The van der Waals surface area contributed by atoms with Gasteiger partial charge in [0.1, 0.15) is 5.58 Å². The maximum Gasteiger partial charge on any atom is 0.371 e. The summed E-state index contributed by atoms with van der Waals surface area (Å²) in [6, 6.07) is 10.9. The molecule has 0 saturated carbocycles. The van der Waals surface area contributed by atoms with Gasteiger partial charge in [0.2, 0.25) is 5.76 Å². The number of carboxylic acid groups (broad SMARTS) is 1. The summed E-state index contributed by atoms with van der Waals surface area (Å²) in [6.07, 6.45) is 1.63. The predicted molar refractivity (Wildman–Crippen MR) is 81.4 cm³/mol. The number of thioether (sulfide) groups is 1. The van der Waals surface area contributed by atoms with Gasteiger partial charge in [-0.15, -0.1) is 11.8 Å². The van der Waals surface area contributed by atoms with Crippen LogP contribution in [0.1, 0.15) is 16.1 Å². The second-order valence-electron chi connectivity index (χ2n) is 4.51. The Morgan fingerprint density at radius 1 is 1.29 bits per heavy atom. The Morgan fingerprint density at radius 2 is 2.14 bits per heavy atom. The molecule has 0 aliphatic rings. The molecule has 1 aromatic carbocycles. The van der Waals surface area contributed by atoms with E-state index in [1.54, 1.807) is 24.0 Å². The van der Waals surface area contributed by atoms with Gasteiger partial charge in [-0.1, -0.05) is 6.07 Å². The topological polar surface area (TPSA) is 89.3 Å². The van der Waals surface area contributed by atoms with Gasteiger partial charge in [-0.25, -0.2) is 9.78 Å². The van der Waals surface area contributed by atoms with Crippen molar-refractivity contribution in [1.29, 1.82) is 0 Å². The van der Waals surface area contributed by atoms with Crippen LogP contribution in [0.4, 0.5) is 5.69 Å². The Labute approximate surface area is 124 Å². The van der Waals surface area contributed by atoms with E-state index in [1.807, 2.05) is 24.3 Å². The average Bonchev–Trinajstić information content (AvgIpc) is 2.90. The summed E-state index contributed by atoms with van der Waals surface area (Å²) in [6.45, 7) is 0. The molecular weight excluding hydrogens is 288 g/mol. The molecule has 0 fully saturated rings. The number of carboxylic acids is 1. The SMILES string of the molecule is Nc1ccc(SCc2ccc3oc(C(=O)O)cc3c2)nc1. The zero-order valence-corrected chi connectivity index (χ0v) is 11.8. The van der Waals surface area contributed by atoms with Gasteiger partial charge >= 0.3 is 5.97 Å². The molecule has 0 atom stereocenters. The number of nitrogens with two attached hydrogens (primary N) is 1. The fourth-order valence-corrected chi connectivity index (χ4v) is 2.71. The number of nitrogen functional groups attached to an aromatic ring is 1. The van der Waals surface area contributed by atoms with Crippen LogP contribution in [0.3, 0.4) is 0 Å². The fraction of sp³-hybridized carbons (Fsp3) is 0.0667. The summed E-state index contributed by atoms with van der Waals surface area (Å²) in [4.78, 5) is 15.1. The zero-order valence-electron chi connectivity index (χ0n) is 10.9. The second-order valence-corrected chi connectivity index (χ2v) is 5.50. The summed E-state index contributed by atoms with van der Waals surface area (Å²) < 4.78 is 5.23. The summed E-state index contributed by atoms with van der Waals surface area (Å²) in [5, 5.41) is 10.6. The Bertz CT molecular complexity index is 796. The second kappa shape index (κ2) is 5.49. The molecule has 0 bridgehead atoms. The van der Waals surface area contributed by atoms with E-state index in [-0.39, 0.29) is 5.76 Å². The lowest BCUT2D eigenvalue weighted by atomic mass is 10.2. The minimum atomic E-state index is -1.06. The molecule has 21 heavy (non-hydrogen) atoms.